The summed E-state index contributed by atoms with van der Waals surface area (Å²) in [6.07, 6.45) is -0.652. The number of benzene rings is 1. The fourth-order valence-corrected chi connectivity index (χ4v) is 6.28. The lowest BCUT2D eigenvalue weighted by molar-refractivity contribution is 0.0389. The number of aliphatic hydroxyl groups is 1. The van der Waals surface area contributed by atoms with Crippen molar-refractivity contribution in [3.8, 4) is 5.75 Å². The number of para-hydroxylation sites is 1. The predicted molar refractivity (Wildman–Crippen MR) is 139 cm³/mol. The summed E-state index contributed by atoms with van der Waals surface area (Å²) in [7, 11) is -2.24. The minimum Gasteiger partial charge on any atom is -0.486 e. The lowest BCUT2D eigenvalue weighted by Gasteiger charge is -2.38. The number of anilines is 1. The van der Waals surface area contributed by atoms with Crippen molar-refractivity contribution in [3.05, 3.63) is 41.3 Å². The molecule has 2 heterocycles. The SMILES string of the molecule is CC(C)NC(=O)Nc1cccc2c1O[C@@H](CN(C)S(=O)(=O)c1cccs1)[C@@H](C)CN([C@H](C)CO)C2=O. The Balaban J connectivity index is 2.02. The Kier molecular flexibility index (Phi) is 8.98. The number of urea groups is 1. The third kappa shape index (κ3) is 6.17. The van der Waals surface area contributed by atoms with Crippen LogP contribution in [0.4, 0.5) is 10.5 Å². The van der Waals surface area contributed by atoms with E-state index in [2.05, 4.69) is 10.6 Å². The Hall–Kier alpha value is -2.67. The second kappa shape index (κ2) is 11.6. The minimum atomic E-state index is -3.73. The Labute approximate surface area is 216 Å². The van der Waals surface area contributed by atoms with E-state index in [1.54, 1.807) is 47.5 Å². The van der Waals surface area contributed by atoms with Crippen molar-refractivity contribution < 1.29 is 27.9 Å². The number of hydrogen-bond acceptors (Lipinski definition) is 7. The topological polar surface area (TPSA) is 128 Å². The highest BCUT2D eigenvalue weighted by molar-refractivity contribution is 7.91. The number of aliphatic hydroxyl groups excluding tert-OH is 1. The number of fused-ring (bicyclic) bond motifs is 1. The van der Waals surface area contributed by atoms with Gasteiger partial charge < -0.3 is 25.4 Å². The lowest BCUT2D eigenvalue weighted by Crippen LogP contribution is -2.50. The number of nitrogens with zero attached hydrogens (tertiary/aromatic N) is 2. The van der Waals surface area contributed by atoms with Crippen molar-refractivity contribution in [2.75, 3.05) is 32.1 Å². The molecule has 3 atom stereocenters. The largest absolute Gasteiger partial charge is 0.486 e. The van der Waals surface area contributed by atoms with E-state index in [9.17, 15) is 23.1 Å². The van der Waals surface area contributed by atoms with Crippen molar-refractivity contribution in [2.45, 2.75) is 50.1 Å². The van der Waals surface area contributed by atoms with Gasteiger partial charge in [-0.2, -0.15) is 4.31 Å². The van der Waals surface area contributed by atoms with E-state index in [1.165, 1.54) is 11.4 Å². The molecule has 0 bridgehead atoms. The molecule has 3 rings (SSSR count). The van der Waals surface area contributed by atoms with Gasteiger partial charge in [0.05, 0.1) is 30.4 Å². The van der Waals surface area contributed by atoms with Gasteiger partial charge in [0.25, 0.3) is 15.9 Å². The summed E-state index contributed by atoms with van der Waals surface area (Å²) in [6.45, 7) is 7.29. The van der Waals surface area contributed by atoms with Gasteiger partial charge in [-0.25, -0.2) is 13.2 Å². The molecule has 1 aromatic carbocycles. The van der Waals surface area contributed by atoms with E-state index in [1.807, 2.05) is 20.8 Å². The van der Waals surface area contributed by atoms with E-state index in [0.29, 0.717) is 5.69 Å². The van der Waals surface area contributed by atoms with E-state index < -0.39 is 28.2 Å². The lowest BCUT2D eigenvalue weighted by atomic mass is 9.99. The van der Waals surface area contributed by atoms with Crippen molar-refractivity contribution >= 4 is 39.0 Å². The standard InChI is InChI=1S/C24H34N4O6S2/c1-15(2)25-24(31)26-19-9-6-8-18-22(19)34-20(16(3)12-28(23(18)30)17(4)14-29)13-27(5)36(32,33)21-10-7-11-35-21/h6-11,15-17,20,29H,12-14H2,1-5H3,(H2,25,26,31)/t16-,17+,20-/m0/s1. The molecule has 10 nitrogen and oxygen atoms in total. The molecule has 3 N–H and O–H groups in total. The molecular formula is C24H34N4O6S2. The average Bonchev–Trinajstić information content (AvgIpc) is 3.36. The zero-order valence-corrected chi connectivity index (χ0v) is 22.7. The molecule has 198 valence electrons. The molecule has 3 amide bonds. The number of carbonyl (C=O) groups is 2. The Morgan fingerprint density at radius 2 is 2.00 bits per heavy atom. The maximum Gasteiger partial charge on any atom is 0.319 e. The second-order valence-corrected chi connectivity index (χ2v) is 12.5. The summed E-state index contributed by atoms with van der Waals surface area (Å²) < 4.78 is 34.0. The molecule has 0 spiro atoms. The second-order valence-electron chi connectivity index (χ2n) is 9.28. The zero-order chi connectivity index (χ0) is 26.6. The van der Waals surface area contributed by atoms with Gasteiger partial charge in [-0.05, 0) is 44.4 Å². The van der Waals surface area contributed by atoms with Crippen LogP contribution in [0.5, 0.6) is 5.75 Å². The summed E-state index contributed by atoms with van der Waals surface area (Å²) >= 11 is 1.13. The number of amides is 3. The first-order valence-corrected chi connectivity index (χ1v) is 14.1. The number of nitrogens with one attached hydrogen (secondary N) is 2. The van der Waals surface area contributed by atoms with Crippen LogP contribution in [0.15, 0.2) is 39.9 Å². The molecule has 1 aliphatic heterocycles. The zero-order valence-electron chi connectivity index (χ0n) is 21.1. The van der Waals surface area contributed by atoms with Crippen molar-refractivity contribution in [2.24, 2.45) is 5.92 Å². The van der Waals surface area contributed by atoms with Crippen LogP contribution >= 0.6 is 11.3 Å². The Morgan fingerprint density at radius 1 is 1.28 bits per heavy atom. The maximum absolute atomic E-state index is 13.5. The van der Waals surface area contributed by atoms with Crippen LogP contribution in [0.1, 0.15) is 38.1 Å². The molecule has 0 aliphatic carbocycles. The maximum atomic E-state index is 13.5. The highest BCUT2D eigenvalue weighted by Crippen LogP contribution is 2.35. The van der Waals surface area contributed by atoms with Gasteiger partial charge in [0.1, 0.15) is 10.3 Å². The molecular weight excluding hydrogens is 504 g/mol. The quantitative estimate of drug-likeness (QED) is 0.474. The number of hydrogen-bond donors (Lipinski definition) is 3. The minimum absolute atomic E-state index is 0.0168. The first-order chi connectivity index (χ1) is 16.9. The van der Waals surface area contributed by atoms with Gasteiger partial charge in [0.2, 0.25) is 0 Å². The summed E-state index contributed by atoms with van der Waals surface area (Å²) in [5.74, 6) is -0.478. The van der Waals surface area contributed by atoms with Crippen LogP contribution in [0.2, 0.25) is 0 Å². The van der Waals surface area contributed by atoms with Gasteiger partial charge in [-0.3, -0.25) is 4.79 Å². The summed E-state index contributed by atoms with van der Waals surface area (Å²) in [4.78, 5) is 27.5. The van der Waals surface area contributed by atoms with E-state index in [-0.39, 0.29) is 53.1 Å². The third-order valence-electron chi connectivity index (χ3n) is 5.96. The molecule has 2 aromatic rings. The van der Waals surface area contributed by atoms with Crippen LogP contribution < -0.4 is 15.4 Å². The normalized spacial score (nSPS) is 19.3. The molecule has 0 unspecified atom stereocenters. The molecule has 0 fully saturated rings. The Bertz CT molecular complexity index is 1170. The van der Waals surface area contributed by atoms with Crippen molar-refractivity contribution in [3.63, 3.8) is 0 Å². The smallest absolute Gasteiger partial charge is 0.319 e. The number of rotatable bonds is 8. The molecule has 1 aliphatic rings. The summed E-state index contributed by atoms with van der Waals surface area (Å²) in [6, 6.07) is 7.05. The number of likely N-dealkylation sites (N-methyl/N-ethyl adjacent to an activating group) is 1. The monoisotopic (exact) mass is 538 g/mol. The number of ether oxygens (including phenoxy) is 1. The molecule has 1 aromatic heterocycles. The molecule has 36 heavy (non-hydrogen) atoms. The van der Waals surface area contributed by atoms with Gasteiger partial charge >= 0.3 is 6.03 Å². The first-order valence-electron chi connectivity index (χ1n) is 11.7. The predicted octanol–water partition coefficient (Wildman–Crippen LogP) is 2.82. The molecule has 0 radical (unpaired) electrons. The molecule has 0 saturated heterocycles. The highest BCUT2D eigenvalue weighted by Gasteiger charge is 2.36. The van der Waals surface area contributed by atoms with E-state index >= 15 is 0 Å². The van der Waals surface area contributed by atoms with Crippen LogP contribution in [-0.2, 0) is 10.0 Å². The van der Waals surface area contributed by atoms with Crippen molar-refractivity contribution in [1.29, 1.82) is 0 Å². The van der Waals surface area contributed by atoms with Crippen molar-refractivity contribution in [1.82, 2.24) is 14.5 Å². The summed E-state index contributed by atoms with van der Waals surface area (Å²) in [5, 5.41) is 17.0. The average molecular weight is 539 g/mol. The Morgan fingerprint density at radius 3 is 2.61 bits per heavy atom. The molecule has 12 heteroatoms. The fraction of sp³-hybridized carbons (Fsp3) is 0.500. The summed E-state index contributed by atoms with van der Waals surface area (Å²) in [5.41, 5.74) is 0.511. The molecule has 0 saturated carbocycles. The highest BCUT2D eigenvalue weighted by atomic mass is 32.2. The van der Waals surface area contributed by atoms with Gasteiger partial charge in [0.15, 0.2) is 5.75 Å². The van der Waals surface area contributed by atoms with Crippen LogP contribution in [0.25, 0.3) is 0 Å². The van der Waals surface area contributed by atoms with Gasteiger partial charge in [0, 0.05) is 25.6 Å². The van der Waals surface area contributed by atoms with Crippen LogP contribution in [0, 0.1) is 5.92 Å². The van der Waals surface area contributed by atoms with Gasteiger partial charge in [-0.15, -0.1) is 11.3 Å². The number of sulfonamides is 1. The van der Waals surface area contributed by atoms with Gasteiger partial charge in [-0.1, -0.05) is 19.1 Å². The third-order valence-corrected chi connectivity index (χ3v) is 9.15. The van der Waals surface area contributed by atoms with Crippen LogP contribution in [-0.4, -0.2) is 79.6 Å². The van der Waals surface area contributed by atoms with E-state index in [4.69, 9.17) is 4.74 Å². The van der Waals surface area contributed by atoms with E-state index in [0.717, 1.165) is 11.3 Å². The van der Waals surface area contributed by atoms with Crippen LogP contribution in [0.3, 0.4) is 0 Å². The first kappa shape index (κ1) is 27.9. The number of thiophene rings is 1. The number of carbonyl (C=O) groups excluding carboxylic acids is 2. The fourth-order valence-electron chi connectivity index (χ4n) is 3.90.